The molecule has 1 heterocycles. The maximum atomic E-state index is 12.6. The number of benzene rings is 2. The number of halogens is 1. The molecule has 2 aromatic rings. The lowest BCUT2D eigenvalue weighted by atomic mass is 10.1. The third kappa shape index (κ3) is 4.08. The van der Waals surface area contributed by atoms with E-state index in [2.05, 4.69) is 4.90 Å². The van der Waals surface area contributed by atoms with E-state index in [9.17, 15) is 4.79 Å². The van der Waals surface area contributed by atoms with Crippen molar-refractivity contribution in [3.63, 3.8) is 0 Å². The molecule has 4 nitrogen and oxygen atoms in total. The maximum Gasteiger partial charge on any atom is 0.253 e. The molecule has 1 fully saturated rings. The average Bonchev–Trinajstić information content (AvgIpc) is 2.64. The predicted molar refractivity (Wildman–Crippen MR) is 96.7 cm³/mol. The van der Waals surface area contributed by atoms with Crippen LogP contribution in [-0.2, 0) is 11.3 Å². The maximum absolute atomic E-state index is 12.6. The van der Waals surface area contributed by atoms with Crippen LogP contribution in [0.25, 0.3) is 0 Å². The SMILES string of the molecule is CN(Cc1ccc(Cl)cc1)C(=O)c1ccc(N2CCOCC2)cc1. The summed E-state index contributed by atoms with van der Waals surface area (Å²) in [5.41, 5.74) is 2.89. The molecule has 0 bridgehead atoms. The highest BCUT2D eigenvalue weighted by Gasteiger charge is 2.14. The number of rotatable bonds is 4. The number of nitrogens with zero attached hydrogens (tertiary/aromatic N) is 2. The summed E-state index contributed by atoms with van der Waals surface area (Å²) in [4.78, 5) is 16.6. The average molecular weight is 345 g/mol. The Hall–Kier alpha value is -2.04. The minimum absolute atomic E-state index is 0.0125. The Balaban J connectivity index is 1.64. The number of carbonyl (C=O) groups excluding carboxylic acids is 1. The molecule has 5 heteroatoms. The fourth-order valence-corrected chi connectivity index (χ4v) is 2.92. The van der Waals surface area contributed by atoms with E-state index >= 15 is 0 Å². The molecule has 2 aromatic carbocycles. The third-order valence-electron chi connectivity index (χ3n) is 4.17. The van der Waals surface area contributed by atoms with Crippen molar-refractivity contribution in [3.8, 4) is 0 Å². The third-order valence-corrected chi connectivity index (χ3v) is 4.42. The van der Waals surface area contributed by atoms with Gasteiger partial charge in [-0.05, 0) is 42.0 Å². The predicted octanol–water partition coefficient (Wildman–Crippen LogP) is 3.45. The van der Waals surface area contributed by atoms with Gasteiger partial charge in [-0.2, -0.15) is 0 Å². The van der Waals surface area contributed by atoms with Gasteiger partial charge in [-0.25, -0.2) is 0 Å². The van der Waals surface area contributed by atoms with Crippen LogP contribution < -0.4 is 4.90 Å². The van der Waals surface area contributed by atoms with E-state index in [-0.39, 0.29) is 5.91 Å². The van der Waals surface area contributed by atoms with Gasteiger partial charge in [-0.3, -0.25) is 4.79 Å². The summed E-state index contributed by atoms with van der Waals surface area (Å²) >= 11 is 5.89. The fourth-order valence-electron chi connectivity index (χ4n) is 2.79. The summed E-state index contributed by atoms with van der Waals surface area (Å²) in [5, 5.41) is 0.700. The standard InChI is InChI=1S/C19H21ClN2O2/c1-21(14-15-2-6-17(20)7-3-15)19(23)16-4-8-18(9-5-16)22-10-12-24-13-11-22/h2-9H,10-14H2,1H3. The Labute approximate surface area is 147 Å². The van der Waals surface area contributed by atoms with Crippen molar-refractivity contribution in [1.82, 2.24) is 4.90 Å². The van der Waals surface area contributed by atoms with Crippen LogP contribution >= 0.6 is 11.6 Å². The van der Waals surface area contributed by atoms with Crippen molar-refractivity contribution < 1.29 is 9.53 Å². The molecule has 0 atom stereocenters. The van der Waals surface area contributed by atoms with Gasteiger partial charge in [0.15, 0.2) is 0 Å². The first-order chi connectivity index (χ1) is 11.6. The molecule has 0 aliphatic carbocycles. The Morgan fingerprint density at radius 1 is 1.08 bits per heavy atom. The zero-order valence-electron chi connectivity index (χ0n) is 13.7. The van der Waals surface area contributed by atoms with Crippen molar-refractivity contribution >= 4 is 23.2 Å². The molecule has 3 rings (SSSR count). The Morgan fingerprint density at radius 3 is 2.33 bits per heavy atom. The molecule has 0 spiro atoms. The molecule has 0 saturated carbocycles. The lowest BCUT2D eigenvalue weighted by molar-refractivity contribution is 0.0785. The van der Waals surface area contributed by atoms with E-state index in [0.29, 0.717) is 17.1 Å². The van der Waals surface area contributed by atoms with Crippen LogP contribution in [-0.4, -0.2) is 44.2 Å². The van der Waals surface area contributed by atoms with Gasteiger partial charge < -0.3 is 14.5 Å². The fraction of sp³-hybridized carbons (Fsp3) is 0.316. The molecule has 1 aliphatic rings. The number of amides is 1. The van der Waals surface area contributed by atoms with Gasteiger partial charge in [0.25, 0.3) is 5.91 Å². The van der Waals surface area contributed by atoms with Crippen molar-refractivity contribution in [1.29, 1.82) is 0 Å². The van der Waals surface area contributed by atoms with Crippen molar-refractivity contribution in [2.75, 3.05) is 38.3 Å². The lowest BCUT2D eigenvalue weighted by Gasteiger charge is -2.29. The number of morpholine rings is 1. The molecule has 0 N–H and O–H groups in total. The van der Waals surface area contributed by atoms with Crippen LogP contribution in [0.3, 0.4) is 0 Å². The minimum atomic E-state index is 0.0125. The number of ether oxygens (including phenoxy) is 1. The second kappa shape index (κ2) is 7.69. The summed E-state index contributed by atoms with van der Waals surface area (Å²) in [5.74, 6) is 0.0125. The van der Waals surface area contributed by atoms with Gasteiger partial charge in [0, 0.05) is 43.0 Å². The van der Waals surface area contributed by atoms with Gasteiger partial charge in [0.2, 0.25) is 0 Å². The second-order valence-corrected chi connectivity index (χ2v) is 6.37. The zero-order chi connectivity index (χ0) is 16.9. The first kappa shape index (κ1) is 16.8. The van der Waals surface area contributed by atoms with Gasteiger partial charge >= 0.3 is 0 Å². The van der Waals surface area contributed by atoms with Gasteiger partial charge in [0.1, 0.15) is 0 Å². The van der Waals surface area contributed by atoms with Crippen LogP contribution in [0.15, 0.2) is 48.5 Å². The van der Waals surface area contributed by atoms with Gasteiger partial charge in [0.05, 0.1) is 13.2 Å². The quantitative estimate of drug-likeness (QED) is 0.851. The molecule has 0 radical (unpaired) electrons. The van der Waals surface area contributed by atoms with E-state index in [1.54, 1.807) is 4.90 Å². The normalized spacial score (nSPS) is 14.5. The first-order valence-electron chi connectivity index (χ1n) is 8.06. The van der Waals surface area contributed by atoms with Crippen LogP contribution in [0.2, 0.25) is 5.02 Å². The van der Waals surface area contributed by atoms with E-state index in [0.717, 1.165) is 37.6 Å². The van der Waals surface area contributed by atoms with Crippen LogP contribution in [0, 0.1) is 0 Å². The van der Waals surface area contributed by atoms with Crippen LogP contribution in [0.4, 0.5) is 5.69 Å². The van der Waals surface area contributed by atoms with E-state index < -0.39 is 0 Å². The van der Waals surface area contributed by atoms with Crippen molar-refractivity contribution in [2.24, 2.45) is 0 Å². The second-order valence-electron chi connectivity index (χ2n) is 5.93. The number of carbonyl (C=O) groups is 1. The van der Waals surface area contributed by atoms with Crippen LogP contribution in [0.1, 0.15) is 15.9 Å². The van der Waals surface area contributed by atoms with E-state index in [4.69, 9.17) is 16.3 Å². The summed E-state index contributed by atoms with van der Waals surface area (Å²) in [6, 6.07) is 15.4. The molecular weight excluding hydrogens is 324 g/mol. The number of anilines is 1. The summed E-state index contributed by atoms with van der Waals surface area (Å²) < 4.78 is 5.37. The highest BCUT2D eigenvalue weighted by Crippen LogP contribution is 2.18. The molecule has 1 aliphatic heterocycles. The lowest BCUT2D eigenvalue weighted by Crippen LogP contribution is -2.36. The molecule has 0 aromatic heterocycles. The minimum Gasteiger partial charge on any atom is -0.378 e. The smallest absolute Gasteiger partial charge is 0.253 e. The van der Waals surface area contributed by atoms with E-state index in [1.807, 2.05) is 55.6 Å². The molecular formula is C19H21ClN2O2. The Kier molecular flexibility index (Phi) is 5.38. The molecule has 0 unspecified atom stereocenters. The monoisotopic (exact) mass is 344 g/mol. The largest absolute Gasteiger partial charge is 0.378 e. The Morgan fingerprint density at radius 2 is 1.71 bits per heavy atom. The van der Waals surface area contributed by atoms with Crippen LogP contribution in [0.5, 0.6) is 0 Å². The molecule has 1 saturated heterocycles. The summed E-state index contributed by atoms with van der Waals surface area (Å²) in [6.07, 6.45) is 0. The van der Waals surface area contributed by atoms with Crippen molar-refractivity contribution in [2.45, 2.75) is 6.54 Å². The van der Waals surface area contributed by atoms with Gasteiger partial charge in [-0.1, -0.05) is 23.7 Å². The van der Waals surface area contributed by atoms with E-state index in [1.165, 1.54) is 0 Å². The first-order valence-corrected chi connectivity index (χ1v) is 8.44. The van der Waals surface area contributed by atoms with Gasteiger partial charge in [-0.15, -0.1) is 0 Å². The van der Waals surface area contributed by atoms with Crippen molar-refractivity contribution in [3.05, 3.63) is 64.7 Å². The summed E-state index contributed by atoms with van der Waals surface area (Å²) in [7, 11) is 1.81. The zero-order valence-corrected chi connectivity index (χ0v) is 14.5. The Bertz CT molecular complexity index is 680. The summed E-state index contributed by atoms with van der Waals surface area (Å²) in [6.45, 7) is 3.85. The molecule has 24 heavy (non-hydrogen) atoms. The number of hydrogen-bond acceptors (Lipinski definition) is 3. The number of hydrogen-bond donors (Lipinski definition) is 0. The topological polar surface area (TPSA) is 32.8 Å². The highest BCUT2D eigenvalue weighted by molar-refractivity contribution is 6.30. The molecule has 1 amide bonds. The molecule has 126 valence electrons. The highest BCUT2D eigenvalue weighted by atomic mass is 35.5.